The van der Waals surface area contributed by atoms with Crippen LogP contribution in [0.3, 0.4) is 0 Å². The zero-order valence-corrected chi connectivity index (χ0v) is 17.0. The number of thioether (sulfide) groups is 1. The fourth-order valence-corrected chi connectivity index (χ4v) is 4.49. The molecule has 1 aromatic heterocycles. The summed E-state index contributed by atoms with van der Waals surface area (Å²) in [7, 11) is 3.65. The highest BCUT2D eigenvalue weighted by Gasteiger charge is 2.25. The summed E-state index contributed by atoms with van der Waals surface area (Å²) in [5.74, 6) is -0.380. The Kier molecular flexibility index (Phi) is 5.27. The number of ether oxygens (including phenoxy) is 1. The van der Waals surface area contributed by atoms with E-state index < -0.39 is 5.97 Å². The van der Waals surface area contributed by atoms with Gasteiger partial charge in [-0.1, -0.05) is 30.0 Å². The monoisotopic (exact) mass is 404 g/mol. The number of rotatable bonds is 5. The number of para-hydroxylation sites is 1. The van der Waals surface area contributed by atoms with Crippen LogP contribution in [0, 0.1) is 0 Å². The van der Waals surface area contributed by atoms with E-state index in [2.05, 4.69) is 28.8 Å². The van der Waals surface area contributed by atoms with Crippen LogP contribution in [0.15, 0.2) is 76.7 Å². The molecule has 0 N–H and O–H groups in total. The lowest BCUT2D eigenvalue weighted by Crippen LogP contribution is -2.36. The van der Waals surface area contributed by atoms with Gasteiger partial charge in [0.2, 0.25) is 11.2 Å². The summed E-state index contributed by atoms with van der Waals surface area (Å²) in [6.45, 7) is -0.199. The van der Waals surface area contributed by atoms with E-state index in [1.807, 2.05) is 55.6 Å². The molecule has 29 heavy (non-hydrogen) atoms. The Morgan fingerprint density at radius 3 is 2.83 bits per heavy atom. The molecule has 0 saturated carbocycles. The molecular weight excluding hydrogens is 384 g/mol. The number of hydrogen-bond acceptors (Lipinski definition) is 5. The van der Waals surface area contributed by atoms with Crippen LogP contribution in [0.1, 0.15) is 5.69 Å². The Bertz CT molecular complexity index is 1150. The maximum absolute atomic E-state index is 11.3. The Morgan fingerprint density at radius 2 is 2.03 bits per heavy atom. The first-order valence-corrected chi connectivity index (χ1v) is 9.98. The number of carbonyl (C=O) groups is 1. The van der Waals surface area contributed by atoms with Gasteiger partial charge in [0, 0.05) is 28.5 Å². The molecule has 146 valence electrons. The van der Waals surface area contributed by atoms with E-state index >= 15 is 0 Å². The van der Waals surface area contributed by atoms with Crippen molar-refractivity contribution in [3.8, 4) is 5.75 Å². The number of pyridine rings is 1. The largest absolute Gasteiger partial charge is 0.548 e. The highest BCUT2D eigenvalue weighted by Crippen LogP contribution is 2.47. The Labute approximate surface area is 173 Å². The topological polar surface area (TPSA) is 56.5 Å². The Balaban J connectivity index is 1.64. The molecule has 0 amide bonds. The molecule has 3 aromatic rings. The molecule has 2 aromatic carbocycles. The zero-order chi connectivity index (χ0) is 20.4. The van der Waals surface area contributed by atoms with Crippen molar-refractivity contribution in [3.05, 3.63) is 77.5 Å². The third-order valence-corrected chi connectivity index (χ3v) is 5.96. The van der Waals surface area contributed by atoms with Gasteiger partial charge in [-0.3, -0.25) is 0 Å². The molecule has 2 heterocycles. The number of hydrogen-bond donors (Lipinski definition) is 0. The van der Waals surface area contributed by atoms with Crippen LogP contribution in [-0.4, -0.2) is 19.6 Å². The minimum Gasteiger partial charge on any atom is -0.548 e. The molecule has 0 bridgehead atoms. The molecule has 0 aliphatic carbocycles. The number of methoxy groups -OCH3 is 1. The van der Waals surface area contributed by atoms with E-state index in [1.165, 1.54) is 17.1 Å². The van der Waals surface area contributed by atoms with Crippen LogP contribution in [0.25, 0.3) is 17.0 Å². The fraction of sp³-hybridized carbons (Fsp3) is 0.130. The third kappa shape index (κ3) is 3.84. The number of aliphatic carboxylic acids is 1. The molecule has 0 unspecified atom stereocenters. The van der Waals surface area contributed by atoms with Crippen molar-refractivity contribution in [3.63, 3.8) is 0 Å². The van der Waals surface area contributed by atoms with E-state index in [0.717, 1.165) is 32.6 Å². The van der Waals surface area contributed by atoms with Crippen LogP contribution < -0.4 is 19.3 Å². The second-order valence-electron chi connectivity index (χ2n) is 6.63. The van der Waals surface area contributed by atoms with Crippen molar-refractivity contribution in [1.29, 1.82) is 0 Å². The van der Waals surface area contributed by atoms with Crippen LogP contribution in [0.4, 0.5) is 5.69 Å². The minimum absolute atomic E-state index is 0.199. The molecule has 5 nitrogen and oxygen atoms in total. The number of allylic oxidation sites excluding steroid dienone is 2. The van der Waals surface area contributed by atoms with Crippen molar-refractivity contribution < 1.29 is 19.2 Å². The van der Waals surface area contributed by atoms with Gasteiger partial charge in [-0.05, 0) is 36.4 Å². The number of anilines is 1. The van der Waals surface area contributed by atoms with Gasteiger partial charge in [-0.15, -0.1) is 0 Å². The van der Waals surface area contributed by atoms with Crippen molar-refractivity contribution in [2.45, 2.75) is 4.90 Å². The van der Waals surface area contributed by atoms with Gasteiger partial charge in [-0.25, -0.2) is 0 Å². The van der Waals surface area contributed by atoms with Crippen LogP contribution in [0.5, 0.6) is 5.75 Å². The van der Waals surface area contributed by atoms with Crippen LogP contribution in [-0.2, 0) is 11.8 Å². The molecule has 4 rings (SSSR count). The summed E-state index contributed by atoms with van der Waals surface area (Å²) in [6.07, 6.45) is 5.88. The average molecular weight is 404 g/mol. The van der Waals surface area contributed by atoms with Gasteiger partial charge >= 0.3 is 0 Å². The number of aromatic nitrogens is 1. The first-order chi connectivity index (χ1) is 14.1. The second-order valence-corrected chi connectivity index (χ2v) is 7.70. The summed E-state index contributed by atoms with van der Waals surface area (Å²) in [5, 5.41) is 13.3. The normalized spacial score (nSPS) is 14.7. The predicted octanol–water partition coefficient (Wildman–Crippen LogP) is 2.89. The third-order valence-electron chi connectivity index (χ3n) is 4.85. The van der Waals surface area contributed by atoms with Crippen molar-refractivity contribution in [2.24, 2.45) is 7.05 Å². The number of carboxylic acids is 1. The van der Waals surface area contributed by atoms with Gasteiger partial charge in [-0.2, -0.15) is 4.57 Å². The first kappa shape index (κ1) is 19.1. The molecule has 0 saturated heterocycles. The highest BCUT2D eigenvalue weighted by molar-refractivity contribution is 8.03. The van der Waals surface area contributed by atoms with Crippen molar-refractivity contribution in [2.75, 3.05) is 18.6 Å². The van der Waals surface area contributed by atoms with Gasteiger partial charge in [0.15, 0.2) is 0 Å². The van der Waals surface area contributed by atoms with Gasteiger partial charge in [0.05, 0.1) is 30.3 Å². The summed E-state index contributed by atoms with van der Waals surface area (Å²) in [4.78, 5) is 14.0. The Morgan fingerprint density at radius 1 is 1.21 bits per heavy atom. The number of fused-ring (bicyclic) bond motifs is 2. The maximum atomic E-state index is 11.3. The summed E-state index contributed by atoms with van der Waals surface area (Å²) in [5.41, 5.74) is 3.04. The van der Waals surface area contributed by atoms with E-state index in [4.69, 9.17) is 4.74 Å². The number of benzene rings is 2. The van der Waals surface area contributed by atoms with Crippen molar-refractivity contribution >= 4 is 40.4 Å². The summed E-state index contributed by atoms with van der Waals surface area (Å²) in [6, 6.07) is 18.0. The fourth-order valence-electron chi connectivity index (χ4n) is 3.39. The van der Waals surface area contributed by atoms with Crippen molar-refractivity contribution in [1.82, 2.24) is 0 Å². The lowest BCUT2D eigenvalue weighted by Gasteiger charge is -2.20. The Hall–Kier alpha value is -3.25. The van der Waals surface area contributed by atoms with Crippen LogP contribution >= 0.6 is 11.8 Å². The summed E-state index contributed by atoms with van der Waals surface area (Å²) >= 11 is 1.52. The molecule has 6 heteroatoms. The standard InChI is InChI=1S/C23H20N2O3S/c1-24-17(11-10-16-6-3-4-8-19(16)24)7-5-9-22-25(15-23(26)27)20-13-12-18(28-2)14-21(20)29-22/h3-14H,15H2,1-2H3. The first-order valence-electron chi connectivity index (χ1n) is 9.16. The van der Waals surface area contributed by atoms with E-state index in [0.29, 0.717) is 0 Å². The van der Waals surface area contributed by atoms with Gasteiger partial charge in [0.25, 0.3) is 0 Å². The van der Waals surface area contributed by atoms with Gasteiger partial charge < -0.3 is 19.5 Å². The molecular formula is C23H20N2O3S. The van der Waals surface area contributed by atoms with E-state index in [1.54, 1.807) is 12.0 Å². The lowest BCUT2D eigenvalue weighted by atomic mass is 10.2. The number of nitrogens with zero attached hydrogens (tertiary/aromatic N) is 2. The molecule has 1 aliphatic rings. The smallest absolute Gasteiger partial charge is 0.212 e. The molecule has 0 spiro atoms. The average Bonchev–Trinajstić information content (AvgIpc) is 3.05. The molecule has 0 fully saturated rings. The molecule has 0 atom stereocenters. The van der Waals surface area contributed by atoms with E-state index in [-0.39, 0.29) is 6.54 Å². The minimum atomic E-state index is -1.12. The lowest BCUT2D eigenvalue weighted by molar-refractivity contribution is -0.646. The summed E-state index contributed by atoms with van der Waals surface area (Å²) < 4.78 is 7.41. The maximum Gasteiger partial charge on any atom is 0.212 e. The quantitative estimate of drug-likeness (QED) is 0.612. The van der Waals surface area contributed by atoms with E-state index in [9.17, 15) is 9.90 Å². The number of carbonyl (C=O) groups excluding carboxylic acids is 1. The number of aryl methyl sites for hydroxylation is 1. The highest BCUT2D eigenvalue weighted by atomic mass is 32.2. The SMILES string of the molecule is COc1ccc2c(c1)S/C(=C\C=C\c1ccc3ccccc3[n+]1C)N2CC(=O)[O-]. The molecule has 1 aliphatic heterocycles. The van der Waals surface area contributed by atoms with Gasteiger partial charge in [0.1, 0.15) is 12.8 Å². The second kappa shape index (κ2) is 8.01. The zero-order valence-electron chi connectivity index (χ0n) is 16.2. The van der Waals surface area contributed by atoms with Crippen LogP contribution in [0.2, 0.25) is 0 Å². The predicted molar refractivity (Wildman–Crippen MR) is 113 cm³/mol. The molecule has 0 radical (unpaired) electrons. The number of carboxylic acid groups (broad SMARTS) is 1.